The second-order valence-corrected chi connectivity index (χ2v) is 9.03. The molecule has 0 spiro atoms. The number of thiocarbonyl (C=S) groups is 1. The van der Waals surface area contributed by atoms with Gasteiger partial charge in [0.05, 0.1) is 13.0 Å². The Morgan fingerprint density at radius 2 is 1.47 bits per heavy atom. The highest BCUT2D eigenvalue weighted by atomic mass is 32.1. The molecule has 4 rings (SSSR count). The van der Waals surface area contributed by atoms with Crippen molar-refractivity contribution in [2.75, 3.05) is 25.0 Å². The largest absolute Gasteiger partial charge is 0.494 e. The Labute approximate surface area is 217 Å². The Bertz CT molecular complexity index is 1170. The molecular weight excluding hydrogens is 470 g/mol. The molecule has 6 nitrogen and oxygen atoms in total. The fourth-order valence-electron chi connectivity index (χ4n) is 4.32. The minimum atomic E-state index is -0.625. The molecule has 0 aliphatic carbocycles. The van der Waals surface area contributed by atoms with Crippen molar-refractivity contribution in [2.24, 2.45) is 0 Å². The molecular formula is C29H31N3O3S. The van der Waals surface area contributed by atoms with E-state index >= 15 is 0 Å². The zero-order valence-corrected chi connectivity index (χ0v) is 21.2. The van der Waals surface area contributed by atoms with Gasteiger partial charge < -0.3 is 15.0 Å². The van der Waals surface area contributed by atoms with Crippen LogP contribution in [-0.4, -0.2) is 52.5 Å². The Hall–Kier alpha value is -3.71. The molecule has 0 saturated carbocycles. The SMILES string of the molecule is CCOc1ccc(NC(=O)CC2C(=O)N(CCc3ccccc3)C(=S)N2CCc2ccccc2)cc1. The van der Waals surface area contributed by atoms with Crippen LogP contribution in [0.25, 0.3) is 0 Å². The summed E-state index contributed by atoms with van der Waals surface area (Å²) < 4.78 is 5.46. The van der Waals surface area contributed by atoms with Gasteiger partial charge in [-0.25, -0.2) is 0 Å². The van der Waals surface area contributed by atoms with Crippen LogP contribution in [0.4, 0.5) is 5.69 Å². The molecule has 0 bridgehead atoms. The maximum absolute atomic E-state index is 13.5. The van der Waals surface area contributed by atoms with E-state index in [2.05, 4.69) is 17.4 Å². The zero-order chi connectivity index (χ0) is 25.3. The molecule has 1 N–H and O–H groups in total. The summed E-state index contributed by atoms with van der Waals surface area (Å²) in [7, 11) is 0. The lowest BCUT2D eigenvalue weighted by Crippen LogP contribution is -2.39. The van der Waals surface area contributed by atoms with Crippen molar-refractivity contribution in [3.8, 4) is 5.75 Å². The Kier molecular flexibility index (Phi) is 8.68. The highest BCUT2D eigenvalue weighted by molar-refractivity contribution is 7.80. The molecule has 36 heavy (non-hydrogen) atoms. The van der Waals surface area contributed by atoms with Crippen LogP contribution in [0.15, 0.2) is 84.9 Å². The second kappa shape index (κ2) is 12.3. The number of ether oxygens (including phenoxy) is 1. The third kappa shape index (κ3) is 6.49. The number of benzene rings is 3. The van der Waals surface area contributed by atoms with Gasteiger partial charge in [-0.2, -0.15) is 0 Å². The van der Waals surface area contributed by atoms with Crippen molar-refractivity contribution in [3.05, 3.63) is 96.1 Å². The Balaban J connectivity index is 1.45. The maximum Gasteiger partial charge on any atom is 0.252 e. The van der Waals surface area contributed by atoms with Crippen LogP contribution in [0, 0.1) is 0 Å². The van der Waals surface area contributed by atoms with E-state index in [1.165, 1.54) is 0 Å². The third-order valence-electron chi connectivity index (χ3n) is 6.18. The number of hydrogen-bond acceptors (Lipinski definition) is 4. The van der Waals surface area contributed by atoms with Crippen molar-refractivity contribution in [1.29, 1.82) is 0 Å². The quantitative estimate of drug-likeness (QED) is 0.386. The van der Waals surface area contributed by atoms with Crippen LogP contribution in [-0.2, 0) is 22.4 Å². The average Bonchev–Trinajstić information content (AvgIpc) is 3.12. The molecule has 1 heterocycles. The van der Waals surface area contributed by atoms with E-state index in [1.54, 1.807) is 17.0 Å². The van der Waals surface area contributed by atoms with Gasteiger partial charge in [-0.1, -0.05) is 60.7 Å². The van der Waals surface area contributed by atoms with Gasteiger partial charge in [0.1, 0.15) is 11.8 Å². The lowest BCUT2D eigenvalue weighted by molar-refractivity contribution is -0.130. The van der Waals surface area contributed by atoms with Crippen LogP contribution in [0.3, 0.4) is 0 Å². The molecule has 186 valence electrons. The highest BCUT2D eigenvalue weighted by Gasteiger charge is 2.42. The number of nitrogens with one attached hydrogen (secondary N) is 1. The highest BCUT2D eigenvalue weighted by Crippen LogP contribution is 2.23. The fourth-order valence-corrected chi connectivity index (χ4v) is 4.72. The molecule has 1 aliphatic rings. The van der Waals surface area contributed by atoms with Crippen LogP contribution in [0.1, 0.15) is 24.5 Å². The van der Waals surface area contributed by atoms with E-state index in [1.807, 2.05) is 72.5 Å². The van der Waals surface area contributed by atoms with Gasteiger partial charge in [-0.15, -0.1) is 0 Å². The summed E-state index contributed by atoms with van der Waals surface area (Å²) in [6, 6.07) is 26.7. The predicted molar refractivity (Wildman–Crippen MR) is 146 cm³/mol. The van der Waals surface area contributed by atoms with Gasteiger partial charge in [0.2, 0.25) is 5.91 Å². The monoisotopic (exact) mass is 501 g/mol. The first kappa shape index (κ1) is 25.4. The number of anilines is 1. The van der Waals surface area contributed by atoms with Gasteiger partial charge in [-0.3, -0.25) is 14.5 Å². The summed E-state index contributed by atoms with van der Waals surface area (Å²) in [6.45, 7) is 3.55. The third-order valence-corrected chi connectivity index (χ3v) is 6.64. The number of hydrogen-bond donors (Lipinski definition) is 1. The van der Waals surface area contributed by atoms with Crippen LogP contribution < -0.4 is 10.1 Å². The smallest absolute Gasteiger partial charge is 0.252 e. The first-order valence-electron chi connectivity index (χ1n) is 12.3. The predicted octanol–water partition coefficient (Wildman–Crippen LogP) is 4.70. The number of rotatable bonds is 11. The molecule has 1 unspecified atom stereocenters. The fraction of sp³-hybridized carbons (Fsp3) is 0.276. The second-order valence-electron chi connectivity index (χ2n) is 8.66. The summed E-state index contributed by atoms with van der Waals surface area (Å²) >= 11 is 5.75. The first-order valence-corrected chi connectivity index (χ1v) is 12.7. The Morgan fingerprint density at radius 3 is 2.06 bits per heavy atom. The maximum atomic E-state index is 13.5. The summed E-state index contributed by atoms with van der Waals surface area (Å²) in [6.07, 6.45) is 1.46. The molecule has 1 aliphatic heterocycles. The standard InChI is InChI=1S/C29H31N3O3S/c1-2-35-25-15-13-24(14-16-25)30-27(33)21-26-28(34)32(20-18-23-11-7-4-8-12-23)29(36)31(26)19-17-22-9-5-3-6-10-22/h3-16,26H,2,17-21H2,1H3,(H,30,33). The molecule has 3 aromatic rings. The van der Waals surface area contributed by atoms with Crippen LogP contribution in [0.2, 0.25) is 0 Å². The average molecular weight is 502 g/mol. The molecule has 2 amide bonds. The lowest BCUT2D eigenvalue weighted by Gasteiger charge is -2.24. The van der Waals surface area contributed by atoms with E-state index < -0.39 is 6.04 Å². The molecule has 0 aromatic heterocycles. The van der Waals surface area contributed by atoms with E-state index in [4.69, 9.17) is 17.0 Å². The van der Waals surface area contributed by atoms with Gasteiger partial charge in [0, 0.05) is 18.8 Å². The summed E-state index contributed by atoms with van der Waals surface area (Å²) in [4.78, 5) is 30.0. The molecule has 0 radical (unpaired) electrons. The first-order chi connectivity index (χ1) is 17.5. The minimum absolute atomic E-state index is 0.0306. The molecule has 1 fully saturated rings. The van der Waals surface area contributed by atoms with Gasteiger partial charge >= 0.3 is 0 Å². The number of amides is 2. The van der Waals surface area contributed by atoms with E-state index in [0.717, 1.165) is 23.3 Å². The normalized spacial score (nSPS) is 15.3. The van der Waals surface area contributed by atoms with Crippen molar-refractivity contribution in [1.82, 2.24) is 9.80 Å². The molecule has 1 saturated heterocycles. The molecule has 1 atom stereocenters. The number of nitrogens with zero attached hydrogens (tertiary/aromatic N) is 2. The molecule has 7 heteroatoms. The van der Waals surface area contributed by atoms with Crippen molar-refractivity contribution in [2.45, 2.75) is 32.2 Å². The van der Waals surface area contributed by atoms with Crippen molar-refractivity contribution < 1.29 is 14.3 Å². The van der Waals surface area contributed by atoms with E-state index in [0.29, 0.717) is 36.9 Å². The zero-order valence-electron chi connectivity index (χ0n) is 20.4. The number of carbonyl (C=O) groups excluding carboxylic acids is 2. The lowest BCUT2D eigenvalue weighted by atomic mass is 10.1. The van der Waals surface area contributed by atoms with Gasteiger partial charge in [0.15, 0.2) is 5.11 Å². The van der Waals surface area contributed by atoms with Crippen LogP contribution >= 0.6 is 12.2 Å². The van der Waals surface area contributed by atoms with Crippen molar-refractivity contribution in [3.63, 3.8) is 0 Å². The Morgan fingerprint density at radius 1 is 0.889 bits per heavy atom. The topological polar surface area (TPSA) is 61.9 Å². The van der Waals surface area contributed by atoms with Crippen LogP contribution in [0.5, 0.6) is 5.75 Å². The molecule has 3 aromatic carbocycles. The number of carbonyl (C=O) groups is 2. The van der Waals surface area contributed by atoms with E-state index in [9.17, 15) is 9.59 Å². The van der Waals surface area contributed by atoms with E-state index in [-0.39, 0.29) is 18.2 Å². The summed E-state index contributed by atoms with van der Waals surface area (Å²) in [5.41, 5.74) is 2.96. The minimum Gasteiger partial charge on any atom is -0.494 e. The summed E-state index contributed by atoms with van der Waals surface area (Å²) in [5, 5.41) is 3.40. The summed E-state index contributed by atoms with van der Waals surface area (Å²) in [5.74, 6) is 0.397. The van der Waals surface area contributed by atoms with Gasteiger partial charge in [0.25, 0.3) is 5.91 Å². The van der Waals surface area contributed by atoms with Gasteiger partial charge in [-0.05, 0) is 67.4 Å². The van der Waals surface area contributed by atoms with Crippen molar-refractivity contribution >= 4 is 34.8 Å².